The fourth-order valence-corrected chi connectivity index (χ4v) is 2.19. The van der Waals surface area contributed by atoms with Crippen LogP contribution in [0.1, 0.15) is 45.4 Å². The van der Waals surface area contributed by atoms with Crippen molar-refractivity contribution in [2.75, 3.05) is 27.7 Å². The number of carboxylic acid groups (broad SMARTS) is 1. The number of rotatable bonds is 12. The first-order valence-electron chi connectivity index (χ1n) is 8.23. The Bertz CT molecular complexity index is 408. The van der Waals surface area contributed by atoms with Crippen molar-refractivity contribution < 1.29 is 23.9 Å². The smallest absolute Gasteiger partial charge is 0.330 e. The highest BCUT2D eigenvalue weighted by Gasteiger charge is 2.21. The average molecular weight is 325 g/mol. The van der Waals surface area contributed by atoms with Gasteiger partial charge < -0.3 is 19.1 Å². The number of carbonyl (C=O) groups excluding carboxylic acids is 2. The van der Waals surface area contributed by atoms with Gasteiger partial charge in [-0.25, -0.2) is 4.79 Å². The Morgan fingerprint density at radius 3 is 2.22 bits per heavy atom. The van der Waals surface area contributed by atoms with Crippen molar-refractivity contribution >= 4 is 11.9 Å². The quantitative estimate of drug-likeness (QED) is 0.180. The number of hydrogen-bond acceptors (Lipinski definition) is 4. The van der Waals surface area contributed by atoms with Gasteiger partial charge in [0, 0.05) is 18.5 Å². The van der Waals surface area contributed by atoms with Crippen molar-refractivity contribution in [1.29, 1.82) is 0 Å². The number of allylic oxidation sites excluding steroid dienone is 3. The van der Waals surface area contributed by atoms with Gasteiger partial charge in [0.25, 0.3) is 0 Å². The molecule has 0 amide bonds. The Morgan fingerprint density at radius 1 is 1.09 bits per heavy atom. The van der Waals surface area contributed by atoms with Gasteiger partial charge in [-0.15, -0.1) is 0 Å². The van der Waals surface area contributed by atoms with Gasteiger partial charge >= 0.3 is 5.97 Å². The molecule has 0 aromatic heterocycles. The topological polar surface area (TPSA) is 66.4 Å². The van der Waals surface area contributed by atoms with Gasteiger partial charge in [-0.1, -0.05) is 24.6 Å². The molecule has 1 unspecified atom stereocenters. The Balaban J connectivity index is 4.10. The minimum atomic E-state index is -1.21. The minimum absolute atomic E-state index is 0.278. The Labute approximate surface area is 140 Å². The van der Waals surface area contributed by atoms with Gasteiger partial charge in [-0.05, 0) is 32.6 Å². The van der Waals surface area contributed by atoms with Gasteiger partial charge in [0.15, 0.2) is 6.10 Å². The number of ether oxygens (including phenoxy) is 1. The molecule has 132 valence electrons. The van der Waals surface area contributed by atoms with Crippen molar-refractivity contribution in [3.05, 3.63) is 24.3 Å². The van der Waals surface area contributed by atoms with Crippen LogP contribution in [0.5, 0.6) is 0 Å². The lowest BCUT2D eigenvalue weighted by Gasteiger charge is -2.29. The summed E-state index contributed by atoms with van der Waals surface area (Å²) in [5, 5.41) is 10.8. The molecule has 0 aliphatic carbocycles. The van der Waals surface area contributed by atoms with Crippen LogP contribution in [0.25, 0.3) is 0 Å². The molecule has 0 heterocycles. The molecule has 0 spiro atoms. The molecule has 0 aliphatic rings. The summed E-state index contributed by atoms with van der Waals surface area (Å²) >= 11 is 0. The molecule has 0 bridgehead atoms. The maximum absolute atomic E-state index is 11.8. The van der Waals surface area contributed by atoms with Crippen LogP contribution >= 0.6 is 0 Å². The number of likely N-dealkylation sites (N-methyl/N-ethyl adjacent to an activating group) is 1. The zero-order valence-electron chi connectivity index (χ0n) is 14.9. The second-order valence-corrected chi connectivity index (χ2v) is 6.72. The lowest BCUT2D eigenvalue weighted by molar-refractivity contribution is -0.873. The molecule has 5 nitrogen and oxygen atoms in total. The first kappa shape index (κ1) is 21.4. The molecule has 0 saturated carbocycles. The van der Waals surface area contributed by atoms with E-state index in [0.29, 0.717) is 11.0 Å². The number of quaternary nitrogens is 1. The van der Waals surface area contributed by atoms with E-state index in [2.05, 4.69) is 12.2 Å². The normalized spacial score (nSPS) is 13.6. The number of carboxylic acids is 1. The van der Waals surface area contributed by atoms with Gasteiger partial charge in [0.2, 0.25) is 0 Å². The summed E-state index contributed by atoms with van der Waals surface area (Å²) in [5.41, 5.74) is 0. The van der Waals surface area contributed by atoms with E-state index in [1.807, 2.05) is 28.1 Å². The molecule has 0 fully saturated rings. The van der Waals surface area contributed by atoms with E-state index in [4.69, 9.17) is 4.74 Å². The van der Waals surface area contributed by atoms with E-state index < -0.39 is 18.0 Å². The van der Waals surface area contributed by atoms with E-state index >= 15 is 0 Å². The van der Waals surface area contributed by atoms with Crippen LogP contribution < -0.4 is 5.11 Å². The molecular weight excluding hydrogens is 294 g/mol. The molecule has 5 heteroatoms. The minimum Gasteiger partial charge on any atom is -0.550 e. The first-order chi connectivity index (χ1) is 10.7. The molecule has 0 aromatic carbocycles. The molecule has 23 heavy (non-hydrogen) atoms. The van der Waals surface area contributed by atoms with Gasteiger partial charge in [-0.3, -0.25) is 0 Å². The van der Waals surface area contributed by atoms with E-state index in [1.54, 1.807) is 6.08 Å². The maximum atomic E-state index is 11.8. The van der Waals surface area contributed by atoms with Crippen LogP contribution in [-0.2, 0) is 14.3 Å². The van der Waals surface area contributed by atoms with E-state index in [-0.39, 0.29) is 6.42 Å². The summed E-state index contributed by atoms with van der Waals surface area (Å²) in [5.74, 6) is -1.69. The highest BCUT2D eigenvalue weighted by Crippen LogP contribution is 2.07. The fourth-order valence-electron chi connectivity index (χ4n) is 2.19. The zero-order chi connectivity index (χ0) is 17.7. The highest BCUT2D eigenvalue weighted by molar-refractivity contribution is 5.82. The van der Waals surface area contributed by atoms with Crippen LogP contribution in [0, 0.1) is 0 Å². The molecule has 1 atom stereocenters. The van der Waals surface area contributed by atoms with Crippen LogP contribution in [0.3, 0.4) is 0 Å². The molecule has 0 aromatic rings. The van der Waals surface area contributed by atoms with E-state index in [0.717, 1.165) is 32.1 Å². The molecule has 0 saturated heterocycles. The highest BCUT2D eigenvalue weighted by atomic mass is 16.5. The largest absolute Gasteiger partial charge is 0.550 e. The van der Waals surface area contributed by atoms with Crippen molar-refractivity contribution in [2.45, 2.75) is 51.6 Å². The number of hydrogen-bond donors (Lipinski definition) is 0. The van der Waals surface area contributed by atoms with Crippen molar-refractivity contribution in [1.82, 2.24) is 0 Å². The third kappa shape index (κ3) is 15.1. The summed E-state index contributed by atoms with van der Waals surface area (Å²) < 4.78 is 5.74. The standard InChI is InChI=1S/C18H31NO4/c1-5-6-7-8-9-10-11-12-13-18(22)23-16(14-17(20)21)15-19(2,3)4/h5-6,12-13,16H,7-11,14-15H2,1-4H3/b6-5+,13-12+. The summed E-state index contributed by atoms with van der Waals surface area (Å²) in [6.45, 7) is 2.44. The van der Waals surface area contributed by atoms with Gasteiger partial charge in [0.1, 0.15) is 6.54 Å². The summed E-state index contributed by atoms with van der Waals surface area (Å²) in [7, 11) is 5.75. The second-order valence-electron chi connectivity index (χ2n) is 6.72. The van der Waals surface area contributed by atoms with Crippen LogP contribution in [-0.4, -0.2) is 50.2 Å². The number of aliphatic carboxylic acids is 1. The van der Waals surface area contributed by atoms with Gasteiger partial charge in [-0.2, -0.15) is 0 Å². The predicted molar refractivity (Wildman–Crippen MR) is 89.4 cm³/mol. The Kier molecular flexibility index (Phi) is 11.0. The van der Waals surface area contributed by atoms with Crippen molar-refractivity contribution in [3.63, 3.8) is 0 Å². The molecule has 0 rings (SSSR count). The summed E-state index contributed by atoms with van der Waals surface area (Å²) in [6.07, 6.45) is 11.7. The Morgan fingerprint density at radius 2 is 1.70 bits per heavy atom. The lowest BCUT2D eigenvalue weighted by Crippen LogP contribution is -2.45. The number of nitrogens with zero attached hydrogens (tertiary/aromatic N) is 1. The van der Waals surface area contributed by atoms with Crippen molar-refractivity contribution in [2.24, 2.45) is 0 Å². The summed E-state index contributed by atoms with van der Waals surface area (Å²) in [6, 6.07) is 0. The fraction of sp³-hybridized carbons (Fsp3) is 0.667. The number of esters is 1. The average Bonchev–Trinajstić information content (AvgIpc) is 2.39. The molecular formula is C18H31NO4. The lowest BCUT2D eigenvalue weighted by atomic mass is 10.1. The maximum Gasteiger partial charge on any atom is 0.330 e. The van der Waals surface area contributed by atoms with Crippen LogP contribution in [0.15, 0.2) is 24.3 Å². The zero-order valence-corrected chi connectivity index (χ0v) is 14.9. The SMILES string of the molecule is C/C=C/CCCCC/C=C/C(=O)OC(CC(=O)[O-])C[N+](C)(C)C. The first-order valence-corrected chi connectivity index (χ1v) is 8.23. The number of carbonyl (C=O) groups is 2. The summed E-state index contributed by atoms with van der Waals surface area (Å²) in [4.78, 5) is 22.5. The second kappa shape index (κ2) is 11.9. The van der Waals surface area contributed by atoms with Crippen LogP contribution in [0.2, 0.25) is 0 Å². The molecule has 0 N–H and O–H groups in total. The van der Waals surface area contributed by atoms with E-state index in [9.17, 15) is 14.7 Å². The molecule has 0 aliphatic heterocycles. The number of unbranched alkanes of at least 4 members (excludes halogenated alkanes) is 4. The predicted octanol–water partition coefficient (Wildman–Crippen LogP) is 1.83. The van der Waals surface area contributed by atoms with Crippen LogP contribution in [0.4, 0.5) is 0 Å². The molecule has 0 radical (unpaired) electrons. The Hall–Kier alpha value is -1.62. The van der Waals surface area contributed by atoms with Gasteiger partial charge in [0.05, 0.1) is 21.1 Å². The third-order valence-corrected chi connectivity index (χ3v) is 3.16. The van der Waals surface area contributed by atoms with Crippen molar-refractivity contribution in [3.8, 4) is 0 Å². The third-order valence-electron chi connectivity index (χ3n) is 3.16. The monoisotopic (exact) mass is 325 g/mol. The van der Waals surface area contributed by atoms with E-state index in [1.165, 1.54) is 6.08 Å².